The number of nitrogens with zero attached hydrogens (tertiary/aromatic N) is 2. The monoisotopic (exact) mass is 282 g/mol. The molecule has 0 aliphatic carbocycles. The van der Waals surface area contributed by atoms with Crippen molar-refractivity contribution in [2.24, 2.45) is 0 Å². The molecule has 0 saturated carbocycles. The highest BCUT2D eigenvalue weighted by molar-refractivity contribution is 7.89. The smallest absolute Gasteiger partial charge is 0.214 e. The second kappa shape index (κ2) is 5.13. The summed E-state index contributed by atoms with van der Waals surface area (Å²) in [5, 5.41) is 0. The molecule has 0 amide bonds. The maximum absolute atomic E-state index is 12.1. The van der Waals surface area contributed by atoms with Crippen LogP contribution in [0, 0.1) is 0 Å². The van der Waals surface area contributed by atoms with Crippen LogP contribution in [0.25, 0.3) is 0 Å². The molecule has 19 heavy (non-hydrogen) atoms. The molecule has 1 aliphatic heterocycles. The average molecular weight is 282 g/mol. The first-order chi connectivity index (χ1) is 8.87. The van der Waals surface area contributed by atoms with Crippen LogP contribution in [0.4, 0.5) is 5.69 Å². The van der Waals surface area contributed by atoms with Crippen molar-refractivity contribution in [2.75, 3.05) is 30.3 Å². The number of hydrogen-bond acceptors (Lipinski definition) is 3. The largest absolute Gasteiger partial charge is 0.368 e. The molecule has 2 rings (SSSR count). The van der Waals surface area contributed by atoms with Crippen molar-refractivity contribution in [3.05, 3.63) is 30.3 Å². The Bertz CT molecular complexity index is 526. The van der Waals surface area contributed by atoms with E-state index in [1.54, 1.807) is 11.2 Å². The van der Waals surface area contributed by atoms with Crippen LogP contribution in [0.2, 0.25) is 0 Å². The summed E-state index contributed by atoms with van der Waals surface area (Å²) in [5.41, 5.74) is 0.785. The highest BCUT2D eigenvalue weighted by Gasteiger charge is 2.40. The van der Waals surface area contributed by atoms with Gasteiger partial charge in [0.05, 0.1) is 5.75 Å². The Hall–Kier alpha value is -1.07. The quantitative estimate of drug-likeness (QED) is 0.850. The predicted molar refractivity (Wildman–Crippen MR) is 78.9 cm³/mol. The first-order valence-corrected chi connectivity index (χ1v) is 8.28. The Morgan fingerprint density at radius 2 is 1.79 bits per heavy atom. The molecular formula is C14H22N2O2S. The van der Waals surface area contributed by atoms with Gasteiger partial charge in [-0.1, -0.05) is 18.2 Å². The summed E-state index contributed by atoms with van der Waals surface area (Å²) in [5.74, 6) is 0.168. The van der Waals surface area contributed by atoms with E-state index in [9.17, 15) is 8.42 Å². The third kappa shape index (κ3) is 2.92. The van der Waals surface area contributed by atoms with E-state index in [2.05, 4.69) is 17.0 Å². The normalized spacial score (nSPS) is 20.5. The van der Waals surface area contributed by atoms with E-state index < -0.39 is 10.0 Å². The SMILES string of the molecule is CCS(=O)(=O)N1CCN(c2ccccc2)CC1(C)C. The zero-order valence-corrected chi connectivity index (χ0v) is 12.7. The Labute approximate surface area is 116 Å². The Kier molecular flexibility index (Phi) is 3.87. The van der Waals surface area contributed by atoms with Gasteiger partial charge in [-0.25, -0.2) is 8.42 Å². The number of para-hydroxylation sites is 1. The number of benzene rings is 1. The molecule has 0 spiro atoms. The highest BCUT2D eigenvalue weighted by Crippen LogP contribution is 2.27. The molecule has 1 saturated heterocycles. The lowest BCUT2D eigenvalue weighted by molar-refractivity contribution is 0.205. The summed E-state index contributed by atoms with van der Waals surface area (Å²) in [7, 11) is -3.13. The Morgan fingerprint density at radius 3 is 2.32 bits per heavy atom. The van der Waals surface area contributed by atoms with E-state index in [-0.39, 0.29) is 11.3 Å². The lowest BCUT2D eigenvalue weighted by Gasteiger charge is -2.46. The molecule has 0 aromatic heterocycles. The van der Waals surface area contributed by atoms with Gasteiger partial charge in [0.25, 0.3) is 0 Å². The van der Waals surface area contributed by atoms with Gasteiger partial charge in [-0.3, -0.25) is 0 Å². The molecule has 0 radical (unpaired) electrons. The molecule has 0 bridgehead atoms. The predicted octanol–water partition coefficient (Wildman–Crippen LogP) is 1.94. The van der Waals surface area contributed by atoms with E-state index in [4.69, 9.17) is 0 Å². The van der Waals surface area contributed by atoms with Gasteiger partial charge in [-0.15, -0.1) is 0 Å². The molecule has 5 heteroatoms. The maximum atomic E-state index is 12.1. The summed E-state index contributed by atoms with van der Waals surface area (Å²) in [4.78, 5) is 2.25. The summed E-state index contributed by atoms with van der Waals surface area (Å²) < 4.78 is 25.9. The number of piperazine rings is 1. The minimum Gasteiger partial charge on any atom is -0.368 e. The zero-order chi connectivity index (χ0) is 14.1. The van der Waals surface area contributed by atoms with Crippen molar-refractivity contribution in [3.63, 3.8) is 0 Å². The van der Waals surface area contributed by atoms with Crippen molar-refractivity contribution < 1.29 is 8.42 Å². The van der Waals surface area contributed by atoms with Crippen LogP contribution in [0.15, 0.2) is 30.3 Å². The number of hydrogen-bond donors (Lipinski definition) is 0. The molecule has 1 aromatic carbocycles. The molecule has 0 atom stereocenters. The van der Waals surface area contributed by atoms with Crippen LogP contribution in [0.5, 0.6) is 0 Å². The van der Waals surface area contributed by atoms with E-state index in [0.717, 1.165) is 18.8 Å². The Balaban J connectivity index is 2.20. The topological polar surface area (TPSA) is 40.6 Å². The van der Waals surface area contributed by atoms with Crippen LogP contribution in [-0.4, -0.2) is 43.6 Å². The number of rotatable bonds is 3. The first kappa shape index (κ1) is 14.3. The molecule has 0 N–H and O–H groups in total. The van der Waals surface area contributed by atoms with Gasteiger partial charge in [-0.2, -0.15) is 4.31 Å². The van der Waals surface area contributed by atoms with Gasteiger partial charge in [0, 0.05) is 30.9 Å². The van der Waals surface area contributed by atoms with Crippen LogP contribution in [0.1, 0.15) is 20.8 Å². The molecule has 1 fully saturated rings. The molecular weight excluding hydrogens is 260 g/mol. The van der Waals surface area contributed by atoms with Crippen molar-refractivity contribution in [2.45, 2.75) is 26.3 Å². The van der Waals surface area contributed by atoms with Gasteiger partial charge in [0.2, 0.25) is 10.0 Å². The fraction of sp³-hybridized carbons (Fsp3) is 0.571. The zero-order valence-electron chi connectivity index (χ0n) is 11.8. The maximum Gasteiger partial charge on any atom is 0.214 e. The van der Waals surface area contributed by atoms with E-state index in [1.165, 1.54) is 0 Å². The van der Waals surface area contributed by atoms with Crippen LogP contribution >= 0.6 is 0 Å². The fourth-order valence-corrected chi connectivity index (χ4v) is 4.15. The number of sulfonamides is 1. The molecule has 1 aromatic rings. The lowest BCUT2D eigenvalue weighted by Crippen LogP contribution is -2.61. The summed E-state index contributed by atoms with van der Waals surface area (Å²) in [6.45, 7) is 7.71. The summed E-state index contributed by atoms with van der Waals surface area (Å²) in [6, 6.07) is 10.2. The standard InChI is InChI=1S/C14H22N2O2S/c1-4-19(17,18)16-11-10-15(12-14(16,2)3)13-8-6-5-7-9-13/h5-9H,4,10-12H2,1-3H3. The fourth-order valence-electron chi connectivity index (χ4n) is 2.67. The van der Waals surface area contributed by atoms with Crippen LogP contribution in [-0.2, 0) is 10.0 Å². The van der Waals surface area contributed by atoms with Crippen LogP contribution in [0.3, 0.4) is 0 Å². The van der Waals surface area contributed by atoms with E-state index >= 15 is 0 Å². The molecule has 1 heterocycles. The average Bonchev–Trinajstić information content (AvgIpc) is 2.38. The van der Waals surface area contributed by atoms with Gasteiger partial charge in [-0.05, 0) is 32.9 Å². The lowest BCUT2D eigenvalue weighted by atomic mass is 10.0. The second-order valence-electron chi connectivity index (χ2n) is 5.54. The third-order valence-electron chi connectivity index (χ3n) is 3.65. The van der Waals surface area contributed by atoms with Crippen molar-refractivity contribution in [1.82, 2.24) is 4.31 Å². The van der Waals surface area contributed by atoms with Gasteiger partial charge < -0.3 is 4.90 Å². The van der Waals surface area contributed by atoms with Crippen LogP contribution < -0.4 is 4.90 Å². The van der Waals surface area contributed by atoms with Gasteiger partial charge in [0.15, 0.2) is 0 Å². The molecule has 106 valence electrons. The van der Waals surface area contributed by atoms with E-state index in [0.29, 0.717) is 6.54 Å². The van der Waals surface area contributed by atoms with Gasteiger partial charge in [0.1, 0.15) is 0 Å². The molecule has 1 aliphatic rings. The highest BCUT2D eigenvalue weighted by atomic mass is 32.2. The minimum atomic E-state index is -3.13. The summed E-state index contributed by atoms with van der Waals surface area (Å²) >= 11 is 0. The second-order valence-corrected chi connectivity index (χ2v) is 7.72. The summed E-state index contributed by atoms with van der Waals surface area (Å²) in [6.07, 6.45) is 0. The minimum absolute atomic E-state index is 0.168. The van der Waals surface area contributed by atoms with Crippen molar-refractivity contribution in [1.29, 1.82) is 0 Å². The van der Waals surface area contributed by atoms with Crippen molar-refractivity contribution in [3.8, 4) is 0 Å². The van der Waals surface area contributed by atoms with E-state index in [1.807, 2.05) is 32.0 Å². The first-order valence-electron chi connectivity index (χ1n) is 6.67. The molecule has 4 nitrogen and oxygen atoms in total. The van der Waals surface area contributed by atoms with Crippen molar-refractivity contribution >= 4 is 15.7 Å². The molecule has 0 unspecified atom stereocenters. The number of anilines is 1. The third-order valence-corrected chi connectivity index (χ3v) is 5.73. The Morgan fingerprint density at radius 1 is 1.16 bits per heavy atom. The van der Waals surface area contributed by atoms with Gasteiger partial charge >= 0.3 is 0 Å².